The Morgan fingerprint density at radius 1 is 1.24 bits per heavy atom. The maximum Gasteiger partial charge on any atom is 0.375 e. The first-order valence-electron chi connectivity index (χ1n) is 10.0. The van der Waals surface area contributed by atoms with Gasteiger partial charge in [0.2, 0.25) is 11.7 Å². The molecule has 5 rings (SSSR count). The Hall–Kier alpha value is -4.16. The van der Waals surface area contributed by atoms with Crippen molar-refractivity contribution >= 4 is 17.4 Å². The average Bonchev–Trinajstić information content (AvgIpc) is 3.56. The number of esters is 1. The second-order valence-corrected chi connectivity index (χ2v) is 7.34. The van der Waals surface area contributed by atoms with Crippen molar-refractivity contribution in [3.63, 3.8) is 0 Å². The van der Waals surface area contributed by atoms with Gasteiger partial charge in [-0.2, -0.15) is 10.2 Å². The number of nitrogens with one attached hydrogen (secondary N) is 1. The highest BCUT2D eigenvalue weighted by molar-refractivity contribution is 5.86. The molecule has 1 N–H and O–H groups in total. The molecular formula is C20H18F2N8O3. The van der Waals surface area contributed by atoms with Gasteiger partial charge in [-0.3, -0.25) is 5.10 Å². The van der Waals surface area contributed by atoms with E-state index in [1.807, 2.05) is 0 Å². The van der Waals surface area contributed by atoms with Crippen LogP contribution in [0.1, 0.15) is 35.1 Å². The standard InChI is InChI=1S/C20H18F2N8O3/c1-32-19-11(6-10(21)7-23-19)14-4-3-5-29(14)18-13(22)9-30-17(26-18)12(8-24-30)15-25-16(28-27-15)20(31)33-2/h6-9,14H,3-5H2,1-2H3,(H,25,27,28)/t14-/m1/s1. The minimum Gasteiger partial charge on any atom is -0.481 e. The molecule has 11 nitrogen and oxygen atoms in total. The molecule has 0 saturated carbocycles. The predicted octanol–water partition coefficient (Wildman–Crippen LogP) is 2.32. The zero-order chi connectivity index (χ0) is 23.1. The Labute approximate surface area is 185 Å². The molecule has 5 heterocycles. The van der Waals surface area contributed by atoms with Crippen LogP contribution in [0.15, 0.2) is 24.7 Å². The van der Waals surface area contributed by atoms with Crippen molar-refractivity contribution in [3.05, 3.63) is 47.7 Å². The van der Waals surface area contributed by atoms with E-state index in [1.165, 1.54) is 37.2 Å². The Balaban J connectivity index is 1.58. The predicted molar refractivity (Wildman–Crippen MR) is 110 cm³/mol. The van der Waals surface area contributed by atoms with Crippen LogP contribution in [0.2, 0.25) is 0 Å². The molecule has 4 aromatic heterocycles. The third-order valence-electron chi connectivity index (χ3n) is 5.46. The minimum absolute atomic E-state index is 0.0711. The monoisotopic (exact) mass is 456 g/mol. The highest BCUT2D eigenvalue weighted by Gasteiger charge is 2.33. The number of H-pyrrole nitrogens is 1. The number of carbonyl (C=O) groups is 1. The van der Waals surface area contributed by atoms with Gasteiger partial charge in [0.15, 0.2) is 23.1 Å². The van der Waals surface area contributed by atoms with Crippen LogP contribution in [-0.4, -0.2) is 61.5 Å². The molecule has 0 aromatic carbocycles. The van der Waals surface area contributed by atoms with Crippen molar-refractivity contribution in [2.24, 2.45) is 0 Å². The van der Waals surface area contributed by atoms with Crippen molar-refractivity contribution in [3.8, 4) is 17.3 Å². The lowest BCUT2D eigenvalue weighted by Crippen LogP contribution is -2.25. The van der Waals surface area contributed by atoms with Crippen LogP contribution < -0.4 is 9.64 Å². The van der Waals surface area contributed by atoms with Crippen molar-refractivity contribution in [2.75, 3.05) is 25.7 Å². The van der Waals surface area contributed by atoms with E-state index in [2.05, 4.69) is 35.0 Å². The first-order chi connectivity index (χ1) is 16.0. The van der Waals surface area contributed by atoms with E-state index < -0.39 is 17.6 Å². The molecule has 0 radical (unpaired) electrons. The molecule has 1 atom stereocenters. The van der Waals surface area contributed by atoms with Crippen LogP contribution in [0.3, 0.4) is 0 Å². The molecule has 0 amide bonds. The molecule has 4 aromatic rings. The maximum absolute atomic E-state index is 15.1. The van der Waals surface area contributed by atoms with E-state index in [1.54, 1.807) is 4.90 Å². The fraction of sp³-hybridized carbons (Fsp3) is 0.300. The molecule has 170 valence electrons. The number of anilines is 1. The lowest BCUT2D eigenvalue weighted by Gasteiger charge is -2.27. The Bertz CT molecular complexity index is 1350. The van der Waals surface area contributed by atoms with Gasteiger partial charge >= 0.3 is 5.97 Å². The summed E-state index contributed by atoms with van der Waals surface area (Å²) in [6.45, 7) is 0.501. The Morgan fingerprint density at radius 2 is 2.09 bits per heavy atom. The SMILES string of the molecule is COC(=O)c1nc(-c2cnn3cc(F)c(N4CCC[C@@H]4c4cc(F)cnc4OC)nc23)n[nH]1. The summed E-state index contributed by atoms with van der Waals surface area (Å²) in [5, 5.41) is 10.6. The number of carbonyl (C=O) groups excluding carboxylic acids is 1. The Morgan fingerprint density at radius 3 is 2.88 bits per heavy atom. The number of ether oxygens (including phenoxy) is 2. The molecule has 0 aliphatic carbocycles. The molecule has 0 unspecified atom stereocenters. The number of fused-ring (bicyclic) bond motifs is 1. The van der Waals surface area contributed by atoms with E-state index >= 15 is 4.39 Å². The minimum atomic E-state index is -0.678. The summed E-state index contributed by atoms with van der Waals surface area (Å²) in [5.74, 6) is -1.37. The summed E-state index contributed by atoms with van der Waals surface area (Å²) in [7, 11) is 2.68. The van der Waals surface area contributed by atoms with Crippen molar-refractivity contribution < 1.29 is 23.0 Å². The van der Waals surface area contributed by atoms with E-state index in [4.69, 9.17) is 4.74 Å². The van der Waals surface area contributed by atoms with Crippen LogP contribution in [0.25, 0.3) is 17.0 Å². The van der Waals surface area contributed by atoms with Crippen molar-refractivity contribution in [2.45, 2.75) is 18.9 Å². The van der Waals surface area contributed by atoms with Gasteiger partial charge in [0.25, 0.3) is 0 Å². The largest absolute Gasteiger partial charge is 0.481 e. The van der Waals surface area contributed by atoms with Crippen molar-refractivity contribution in [1.82, 2.24) is 34.8 Å². The second kappa shape index (κ2) is 8.07. The fourth-order valence-electron chi connectivity index (χ4n) is 4.01. The van der Waals surface area contributed by atoms with Crippen LogP contribution >= 0.6 is 0 Å². The zero-order valence-corrected chi connectivity index (χ0v) is 17.6. The number of nitrogens with zero attached hydrogens (tertiary/aromatic N) is 7. The Kier molecular flexibility index (Phi) is 5.07. The first-order valence-corrected chi connectivity index (χ1v) is 10.0. The molecule has 33 heavy (non-hydrogen) atoms. The second-order valence-electron chi connectivity index (χ2n) is 7.34. The number of aromatic nitrogens is 7. The summed E-state index contributed by atoms with van der Waals surface area (Å²) in [5.41, 5.74) is 1.20. The fourth-order valence-corrected chi connectivity index (χ4v) is 4.01. The van der Waals surface area contributed by atoms with Gasteiger partial charge in [-0.25, -0.2) is 33.0 Å². The lowest BCUT2D eigenvalue weighted by molar-refractivity contribution is 0.0587. The quantitative estimate of drug-likeness (QED) is 0.451. The smallest absolute Gasteiger partial charge is 0.375 e. The van der Waals surface area contributed by atoms with E-state index in [-0.39, 0.29) is 35.0 Å². The van der Waals surface area contributed by atoms with Gasteiger partial charge in [-0.15, -0.1) is 0 Å². The van der Waals surface area contributed by atoms with Crippen LogP contribution in [-0.2, 0) is 4.74 Å². The van der Waals surface area contributed by atoms with E-state index in [0.717, 1.165) is 12.6 Å². The van der Waals surface area contributed by atoms with Gasteiger partial charge in [0, 0.05) is 12.1 Å². The molecule has 0 bridgehead atoms. The number of halogens is 2. The van der Waals surface area contributed by atoms with Gasteiger partial charge in [0.05, 0.1) is 44.4 Å². The third-order valence-corrected chi connectivity index (χ3v) is 5.46. The van der Waals surface area contributed by atoms with E-state index in [0.29, 0.717) is 24.1 Å². The number of pyridine rings is 1. The molecule has 1 saturated heterocycles. The summed E-state index contributed by atoms with van der Waals surface area (Å²) in [4.78, 5) is 26.1. The number of methoxy groups -OCH3 is 2. The average molecular weight is 456 g/mol. The van der Waals surface area contributed by atoms with Crippen LogP contribution in [0, 0.1) is 11.6 Å². The summed E-state index contributed by atoms with van der Waals surface area (Å²) in [6, 6.07) is 0.964. The summed E-state index contributed by atoms with van der Waals surface area (Å²) < 4.78 is 40.2. The van der Waals surface area contributed by atoms with Gasteiger partial charge in [0.1, 0.15) is 5.82 Å². The van der Waals surface area contributed by atoms with Gasteiger partial charge < -0.3 is 14.4 Å². The van der Waals surface area contributed by atoms with Crippen LogP contribution in [0.5, 0.6) is 5.88 Å². The molecule has 1 aliphatic heterocycles. The first kappa shape index (κ1) is 20.7. The lowest BCUT2D eigenvalue weighted by atomic mass is 10.1. The highest BCUT2D eigenvalue weighted by atomic mass is 19.1. The van der Waals surface area contributed by atoms with Crippen molar-refractivity contribution in [1.29, 1.82) is 0 Å². The normalized spacial score (nSPS) is 15.9. The molecule has 13 heteroatoms. The molecule has 1 fully saturated rings. The topological polar surface area (TPSA) is 123 Å². The third kappa shape index (κ3) is 3.50. The maximum atomic E-state index is 15.1. The van der Waals surface area contributed by atoms with Crippen LogP contribution in [0.4, 0.5) is 14.6 Å². The molecular weight excluding hydrogens is 438 g/mol. The zero-order valence-electron chi connectivity index (χ0n) is 17.6. The number of hydrogen-bond acceptors (Lipinski definition) is 9. The molecule has 1 aliphatic rings. The summed E-state index contributed by atoms with van der Waals surface area (Å²) >= 11 is 0. The number of aromatic amines is 1. The number of hydrogen-bond donors (Lipinski definition) is 1. The number of rotatable bonds is 5. The summed E-state index contributed by atoms with van der Waals surface area (Å²) in [6.07, 6.45) is 5.09. The van der Waals surface area contributed by atoms with E-state index in [9.17, 15) is 9.18 Å². The van der Waals surface area contributed by atoms with Gasteiger partial charge in [-0.1, -0.05) is 0 Å². The van der Waals surface area contributed by atoms with Gasteiger partial charge in [-0.05, 0) is 18.9 Å². The molecule has 0 spiro atoms. The highest BCUT2D eigenvalue weighted by Crippen LogP contribution is 2.40.